The Bertz CT molecular complexity index is 718. The van der Waals surface area contributed by atoms with Gasteiger partial charge in [0, 0.05) is 18.7 Å². The fourth-order valence-corrected chi connectivity index (χ4v) is 2.35. The monoisotopic (exact) mass is 352 g/mol. The molecule has 0 saturated heterocycles. The molecule has 0 bridgehead atoms. The first-order valence-corrected chi connectivity index (χ1v) is 7.65. The van der Waals surface area contributed by atoms with E-state index in [0.717, 1.165) is 11.1 Å². The van der Waals surface area contributed by atoms with Gasteiger partial charge in [0.1, 0.15) is 0 Å². The summed E-state index contributed by atoms with van der Waals surface area (Å²) in [4.78, 5) is 22.0. The number of benzene rings is 2. The Balaban J connectivity index is 1.80. The summed E-state index contributed by atoms with van der Waals surface area (Å²) in [6.07, 6.45) is 0.822. The lowest BCUT2D eigenvalue weighted by atomic mass is 10.1. The number of nitro benzene ring substituents is 1. The molecule has 0 unspecified atom stereocenters. The summed E-state index contributed by atoms with van der Waals surface area (Å²) >= 11 is 11.7. The van der Waals surface area contributed by atoms with Crippen LogP contribution < -0.4 is 5.32 Å². The number of hydrogen-bond acceptors (Lipinski definition) is 3. The van der Waals surface area contributed by atoms with Gasteiger partial charge in [0.2, 0.25) is 5.91 Å². The molecule has 1 amide bonds. The second-order valence-electron chi connectivity index (χ2n) is 4.95. The van der Waals surface area contributed by atoms with Gasteiger partial charge in [-0.15, -0.1) is 0 Å². The molecular weight excluding hydrogens is 339 g/mol. The van der Waals surface area contributed by atoms with Crippen LogP contribution in [0.4, 0.5) is 5.69 Å². The molecule has 0 heterocycles. The normalized spacial score (nSPS) is 10.3. The quantitative estimate of drug-likeness (QED) is 0.634. The highest BCUT2D eigenvalue weighted by atomic mass is 35.5. The summed E-state index contributed by atoms with van der Waals surface area (Å²) in [5, 5.41) is 14.2. The minimum atomic E-state index is -0.442. The summed E-state index contributed by atoms with van der Waals surface area (Å²) < 4.78 is 0. The van der Waals surface area contributed by atoms with Crippen molar-refractivity contribution in [3.8, 4) is 0 Å². The summed E-state index contributed by atoms with van der Waals surface area (Å²) in [6.45, 7) is 0.456. The molecule has 7 heteroatoms. The molecule has 0 aliphatic heterocycles. The van der Waals surface area contributed by atoms with Crippen molar-refractivity contribution in [1.82, 2.24) is 5.32 Å². The van der Waals surface area contributed by atoms with Gasteiger partial charge in [-0.2, -0.15) is 0 Å². The topological polar surface area (TPSA) is 72.2 Å². The highest BCUT2D eigenvalue weighted by molar-refractivity contribution is 6.42. The molecule has 0 aliphatic carbocycles. The summed E-state index contributed by atoms with van der Waals surface area (Å²) in [6, 6.07) is 11.3. The van der Waals surface area contributed by atoms with Crippen LogP contribution in [-0.4, -0.2) is 17.4 Å². The fraction of sp³-hybridized carbons (Fsp3) is 0.188. The lowest BCUT2D eigenvalue weighted by Gasteiger charge is -2.06. The Morgan fingerprint density at radius 2 is 1.70 bits per heavy atom. The lowest BCUT2D eigenvalue weighted by molar-refractivity contribution is -0.384. The summed E-state index contributed by atoms with van der Waals surface area (Å²) in [7, 11) is 0. The summed E-state index contributed by atoms with van der Waals surface area (Å²) in [5.74, 6) is -0.120. The second-order valence-corrected chi connectivity index (χ2v) is 5.76. The Hall–Kier alpha value is -2.11. The molecule has 0 spiro atoms. The van der Waals surface area contributed by atoms with Gasteiger partial charge >= 0.3 is 0 Å². The second kappa shape index (κ2) is 7.94. The van der Waals surface area contributed by atoms with Crippen molar-refractivity contribution in [3.05, 3.63) is 73.8 Å². The van der Waals surface area contributed by atoms with Crippen LogP contribution in [0.1, 0.15) is 11.1 Å². The smallest absolute Gasteiger partial charge is 0.269 e. The molecule has 1 N–H and O–H groups in total. The van der Waals surface area contributed by atoms with E-state index in [2.05, 4.69) is 5.32 Å². The molecule has 2 aromatic rings. The Morgan fingerprint density at radius 1 is 1.04 bits per heavy atom. The van der Waals surface area contributed by atoms with E-state index < -0.39 is 4.92 Å². The van der Waals surface area contributed by atoms with E-state index in [-0.39, 0.29) is 18.0 Å². The molecule has 5 nitrogen and oxygen atoms in total. The molecule has 2 rings (SSSR count). The number of non-ortho nitro benzene ring substituents is 1. The van der Waals surface area contributed by atoms with E-state index in [9.17, 15) is 14.9 Å². The molecule has 0 fully saturated rings. The van der Waals surface area contributed by atoms with Gasteiger partial charge in [-0.1, -0.05) is 41.4 Å². The predicted octanol–water partition coefficient (Wildman–Crippen LogP) is 3.80. The van der Waals surface area contributed by atoms with E-state index >= 15 is 0 Å². The average Bonchev–Trinajstić information content (AvgIpc) is 2.51. The van der Waals surface area contributed by atoms with E-state index in [0.29, 0.717) is 23.0 Å². The number of rotatable bonds is 6. The fourth-order valence-electron chi connectivity index (χ4n) is 2.03. The molecule has 2 aromatic carbocycles. The van der Waals surface area contributed by atoms with Crippen molar-refractivity contribution < 1.29 is 9.72 Å². The molecule has 0 atom stereocenters. The average molecular weight is 353 g/mol. The zero-order valence-corrected chi connectivity index (χ0v) is 13.6. The Labute approximate surface area is 143 Å². The largest absolute Gasteiger partial charge is 0.355 e. The number of nitrogens with one attached hydrogen (secondary N) is 1. The van der Waals surface area contributed by atoms with Crippen LogP contribution in [0.3, 0.4) is 0 Å². The third-order valence-corrected chi connectivity index (χ3v) is 3.97. The van der Waals surface area contributed by atoms with Crippen molar-refractivity contribution in [1.29, 1.82) is 0 Å². The number of carbonyl (C=O) groups is 1. The van der Waals surface area contributed by atoms with Gasteiger partial charge in [-0.25, -0.2) is 0 Å². The first kappa shape index (κ1) is 17.2. The van der Waals surface area contributed by atoms with Crippen LogP contribution in [0.2, 0.25) is 10.0 Å². The van der Waals surface area contributed by atoms with Gasteiger partial charge in [0.25, 0.3) is 5.69 Å². The maximum absolute atomic E-state index is 11.9. The predicted molar refractivity (Wildman–Crippen MR) is 90.0 cm³/mol. The molecule has 0 radical (unpaired) electrons. The standard InChI is InChI=1S/C16H14Cl2N2O3/c17-14-6-3-12(9-15(14)18)10-16(21)19-8-7-11-1-4-13(5-2-11)20(22)23/h1-6,9H,7-8,10H2,(H,19,21). The molecule has 23 heavy (non-hydrogen) atoms. The number of amides is 1. The van der Waals surface area contributed by atoms with Crippen molar-refractivity contribution >= 4 is 34.8 Å². The minimum Gasteiger partial charge on any atom is -0.355 e. The van der Waals surface area contributed by atoms with E-state index in [1.165, 1.54) is 12.1 Å². The van der Waals surface area contributed by atoms with Gasteiger partial charge in [0.05, 0.1) is 21.4 Å². The van der Waals surface area contributed by atoms with Gasteiger partial charge in [-0.3, -0.25) is 14.9 Å². The maximum Gasteiger partial charge on any atom is 0.269 e. The number of hydrogen-bond donors (Lipinski definition) is 1. The SMILES string of the molecule is O=C(Cc1ccc(Cl)c(Cl)c1)NCCc1ccc([N+](=O)[O-])cc1. The lowest BCUT2D eigenvalue weighted by Crippen LogP contribution is -2.27. The van der Waals surface area contributed by atoms with Crippen molar-refractivity contribution in [2.75, 3.05) is 6.54 Å². The van der Waals surface area contributed by atoms with E-state index in [1.807, 2.05) is 0 Å². The van der Waals surface area contributed by atoms with Crippen LogP contribution in [-0.2, 0) is 17.6 Å². The summed E-state index contributed by atoms with van der Waals surface area (Å²) in [5.41, 5.74) is 1.76. The molecule has 0 aliphatic rings. The third-order valence-electron chi connectivity index (χ3n) is 3.23. The van der Waals surface area contributed by atoms with Crippen LogP contribution in [0, 0.1) is 10.1 Å². The number of halogens is 2. The Morgan fingerprint density at radius 3 is 2.30 bits per heavy atom. The van der Waals surface area contributed by atoms with Crippen LogP contribution >= 0.6 is 23.2 Å². The van der Waals surface area contributed by atoms with Gasteiger partial charge < -0.3 is 5.32 Å². The highest BCUT2D eigenvalue weighted by Gasteiger charge is 2.07. The maximum atomic E-state index is 11.9. The van der Waals surface area contributed by atoms with Crippen LogP contribution in [0.5, 0.6) is 0 Å². The third kappa shape index (κ3) is 5.23. The zero-order valence-electron chi connectivity index (χ0n) is 12.1. The van der Waals surface area contributed by atoms with Crippen LogP contribution in [0.25, 0.3) is 0 Å². The number of nitro groups is 1. The van der Waals surface area contributed by atoms with E-state index in [1.54, 1.807) is 30.3 Å². The molecule has 0 saturated carbocycles. The van der Waals surface area contributed by atoms with Gasteiger partial charge in [-0.05, 0) is 29.7 Å². The van der Waals surface area contributed by atoms with Crippen molar-refractivity contribution in [3.63, 3.8) is 0 Å². The van der Waals surface area contributed by atoms with Gasteiger partial charge in [0.15, 0.2) is 0 Å². The van der Waals surface area contributed by atoms with Crippen molar-refractivity contribution in [2.24, 2.45) is 0 Å². The molecular formula is C16H14Cl2N2O3. The zero-order chi connectivity index (χ0) is 16.8. The molecule has 120 valence electrons. The minimum absolute atomic E-state index is 0.0532. The van der Waals surface area contributed by atoms with E-state index in [4.69, 9.17) is 23.2 Å². The highest BCUT2D eigenvalue weighted by Crippen LogP contribution is 2.22. The molecule has 0 aromatic heterocycles. The number of carbonyl (C=O) groups excluding carboxylic acids is 1. The van der Waals surface area contributed by atoms with Crippen molar-refractivity contribution in [2.45, 2.75) is 12.8 Å². The van der Waals surface area contributed by atoms with Crippen LogP contribution in [0.15, 0.2) is 42.5 Å². The first-order chi connectivity index (χ1) is 11.0. The Kier molecular flexibility index (Phi) is 5.96. The first-order valence-electron chi connectivity index (χ1n) is 6.89. The number of nitrogens with zero attached hydrogens (tertiary/aromatic N) is 1.